The molecule has 4 heteroatoms. The summed E-state index contributed by atoms with van der Waals surface area (Å²) >= 11 is 0. The third kappa shape index (κ3) is 2.19. The summed E-state index contributed by atoms with van der Waals surface area (Å²) in [4.78, 5) is 0. The fourth-order valence-electron chi connectivity index (χ4n) is 5.52. The highest BCUT2D eigenvalue weighted by Crippen LogP contribution is 2.57. The van der Waals surface area contributed by atoms with Gasteiger partial charge in [-0.05, 0) is 87.3 Å². The smallest absolute Gasteiger partial charge is 0.216 e. The van der Waals surface area contributed by atoms with Crippen LogP contribution in [-0.2, 0) is 4.74 Å². The molecule has 0 radical (unpaired) electrons. The molecule has 4 nitrogen and oxygen atoms in total. The number of hydrogen-bond acceptors (Lipinski definition) is 3. The fourth-order valence-corrected chi connectivity index (χ4v) is 5.52. The van der Waals surface area contributed by atoms with Gasteiger partial charge in [0.1, 0.15) is 5.52 Å². The molecule has 0 N–H and O–H groups in total. The van der Waals surface area contributed by atoms with Crippen LogP contribution in [0.2, 0.25) is 0 Å². The van der Waals surface area contributed by atoms with Crippen molar-refractivity contribution in [2.24, 2.45) is 23.7 Å². The first-order valence-corrected chi connectivity index (χ1v) is 9.40. The van der Waals surface area contributed by atoms with E-state index in [4.69, 9.17) is 4.74 Å². The summed E-state index contributed by atoms with van der Waals surface area (Å²) < 4.78 is 8.33. The maximum absolute atomic E-state index is 6.37. The maximum Gasteiger partial charge on any atom is 0.216 e. The second-order valence-corrected chi connectivity index (χ2v) is 8.22. The first kappa shape index (κ1) is 14.5. The lowest BCUT2D eigenvalue weighted by atomic mass is 9.54. The molecule has 126 valence electrons. The van der Waals surface area contributed by atoms with Crippen molar-refractivity contribution in [3.8, 4) is 0 Å². The molecule has 0 aliphatic heterocycles. The van der Waals surface area contributed by atoms with Crippen LogP contribution in [0.3, 0.4) is 0 Å². The molecule has 1 aromatic heterocycles. The first-order valence-electron chi connectivity index (χ1n) is 9.40. The number of para-hydroxylation sites is 1. The highest BCUT2D eigenvalue weighted by Gasteiger charge is 2.47. The molecular formula is C20H25N3O. The summed E-state index contributed by atoms with van der Waals surface area (Å²) in [6, 6.07) is 8.18. The van der Waals surface area contributed by atoms with Gasteiger partial charge in [0.15, 0.2) is 0 Å². The normalized spacial score (nSPS) is 31.2. The Hall–Kier alpha value is -1.84. The number of aromatic nitrogens is 3. The lowest BCUT2D eigenvalue weighted by Crippen LogP contribution is -2.41. The third-order valence-electron chi connectivity index (χ3n) is 6.16. The van der Waals surface area contributed by atoms with E-state index in [-0.39, 0.29) is 6.10 Å². The monoisotopic (exact) mass is 323 g/mol. The zero-order chi connectivity index (χ0) is 16.3. The summed E-state index contributed by atoms with van der Waals surface area (Å²) in [6.07, 6.45) is 7.00. The molecule has 2 aromatic rings. The van der Waals surface area contributed by atoms with E-state index in [2.05, 4.69) is 36.3 Å². The maximum atomic E-state index is 6.37. The largest absolute Gasteiger partial charge is 0.475 e. The first-order chi connectivity index (χ1) is 11.7. The summed E-state index contributed by atoms with van der Waals surface area (Å²) in [5.41, 5.74) is 3.52. The average Bonchev–Trinajstić information content (AvgIpc) is 2.96. The second-order valence-electron chi connectivity index (χ2n) is 8.22. The Morgan fingerprint density at radius 1 is 1.04 bits per heavy atom. The van der Waals surface area contributed by atoms with Crippen molar-refractivity contribution in [2.75, 3.05) is 0 Å². The molecule has 4 bridgehead atoms. The number of nitrogens with zero attached hydrogens (tertiary/aromatic N) is 3. The van der Waals surface area contributed by atoms with Gasteiger partial charge >= 0.3 is 0 Å². The van der Waals surface area contributed by atoms with E-state index in [9.17, 15) is 0 Å². The standard InChI is InChI=1S/C20H25N3O/c1-12(2)24-20(23-18-6-4-3-5-17(18)21-22-23)19-15-8-13-7-14(10-15)11-16(19)9-13/h3-6,12-16H,7-11H2,1-2H3. The highest BCUT2D eigenvalue weighted by atomic mass is 16.5. The minimum absolute atomic E-state index is 0.146. The van der Waals surface area contributed by atoms with Crippen LogP contribution in [0.5, 0.6) is 0 Å². The van der Waals surface area contributed by atoms with E-state index in [1.165, 1.54) is 37.7 Å². The molecule has 0 unspecified atom stereocenters. The molecule has 1 aromatic carbocycles. The van der Waals surface area contributed by atoms with Gasteiger partial charge in [0, 0.05) is 0 Å². The topological polar surface area (TPSA) is 39.9 Å². The van der Waals surface area contributed by atoms with Crippen molar-refractivity contribution in [2.45, 2.75) is 52.1 Å². The molecule has 1 heterocycles. The summed E-state index contributed by atoms with van der Waals surface area (Å²) in [7, 11) is 0. The molecular weight excluding hydrogens is 298 g/mol. The molecule has 24 heavy (non-hydrogen) atoms. The van der Waals surface area contributed by atoms with Gasteiger partial charge in [0.05, 0.1) is 11.6 Å². The number of rotatable bonds is 3. The SMILES string of the molecule is CC(C)OC(=C1C2CC3CC(C2)CC1C3)n1nnc2ccccc21. The Bertz CT molecular complexity index is 774. The lowest BCUT2D eigenvalue weighted by molar-refractivity contribution is 0.0626. The van der Waals surface area contributed by atoms with Crippen molar-refractivity contribution >= 4 is 16.9 Å². The van der Waals surface area contributed by atoms with Crippen LogP contribution in [-0.4, -0.2) is 21.1 Å². The Labute approximate surface area is 142 Å². The van der Waals surface area contributed by atoms with Crippen molar-refractivity contribution in [1.82, 2.24) is 15.0 Å². The van der Waals surface area contributed by atoms with Crippen molar-refractivity contribution in [1.29, 1.82) is 0 Å². The van der Waals surface area contributed by atoms with Crippen LogP contribution in [0.15, 0.2) is 29.8 Å². The van der Waals surface area contributed by atoms with Gasteiger partial charge in [0.2, 0.25) is 5.88 Å². The van der Waals surface area contributed by atoms with E-state index >= 15 is 0 Å². The average molecular weight is 323 g/mol. The Morgan fingerprint density at radius 2 is 1.71 bits per heavy atom. The zero-order valence-corrected chi connectivity index (χ0v) is 14.5. The number of fused-ring (bicyclic) bond motifs is 1. The Balaban J connectivity index is 1.67. The molecule has 4 aliphatic rings. The van der Waals surface area contributed by atoms with E-state index in [1.54, 1.807) is 0 Å². The second kappa shape index (κ2) is 5.33. The molecule has 4 saturated carbocycles. The zero-order valence-electron chi connectivity index (χ0n) is 14.5. The predicted molar refractivity (Wildman–Crippen MR) is 94.0 cm³/mol. The van der Waals surface area contributed by atoms with Gasteiger partial charge < -0.3 is 4.74 Å². The molecule has 0 atom stereocenters. The van der Waals surface area contributed by atoms with Gasteiger partial charge in [0.25, 0.3) is 0 Å². The predicted octanol–water partition coefficient (Wildman–Crippen LogP) is 4.48. The highest BCUT2D eigenvalue weighted by molar-refractivity contribution is 5.77. The van der Waals surface area contributed by atoms with Gasteiger partial charge in [-0.2, -0.15) is 4.68 Å². The van der Waals surface area contributed by atoms with Gasteiger partial charge in [-0.25, -0.2) is 0 Å². The molecule has 4 aliphatic carbocycles. The number of hydrogen-bond donors (Lipinski definition) is 0. The molecule has 0 amide bonds. The van der Waals surface area contributed by atoms with E-state index in [1.807, 2.05) is 16.8 Å². The summed E-state index contributed by atoms with van der Waals surface area (Å²) in [5.74, 6) is 4.26. The van der Waals surface area contributed by atoms with Crippen LogP contribution >= 0.6 is 0 Å². The summed E-state index contributed by atoms with van der Waals surface area (Å²) in [5, 5.41) is 8.82. The third-order valence-corrected chi connectivity index (χ3v) is 6.16. The lowest BCUT2D eigenvalue weighted by Gasteiger charge is -2.51. The van der Waals surface area contributed by atoms with E-state index in [0.29, 0.717) is 11.8 Å². The number of ether oxygens (including phenoxy) is 1. The van der Waals surface area contributed by atoms with E-state index in [0.717, 1.165) is 28.8 Å². The van der Waals surface area contributed by atoms with Crippen molar-refractivity contribution < 1.29 is 4.74 Å². The minimum atomic E-state index is 0.146. The Morgan fingerprint density at radius 3 is 2.38 bits per heavy atom. The fraction of sp³-hybridized carbons (Fsp3) is 0.600. The Kier molecular flexibility index (Phi) is 3.22. The summed E-state index contributed by atoms with van der Waals surface area (Å²) in [6.45, 7) is 4.21. The van der Waals surface area contributed by atoms with Gasteiger partial charge in [-0.3, -0.25) is 0 Å². The molecule has 6 rings (SSSR count). The van der Waals surface area contributed by atoms with Crippen LogP contribution in [0.25, 0.3) is 16.9 Å². The minimum Gasteiger partial charge on any atom is -0.475 e. The molecule has 0 spiro atoms. The van der Waals surface area contributed by atoms with Crippen LogP contribution in [0.1, 0.15) is 46.0 Å². The number of benzene rings is 1. The molecule has 0 saturated heterocycles. The van der Waals surface area contributed by atoms with E-state index < -0.39 is 0 Å². The van der Waals surface area contributed by atoms with Crippen LogP contribution < -0.4 is 0 Å². The van der Waals surface area contributed by atoms with Crippen molar-refractivity contribution in [3.63, 3.8) is 0 Å². The van der Waals surface area contributed by atoms with Gasteiger partial charge in [-0.15, -0.1) is 5.10 Å². The molecule has 4 fully saturated rings. The van der Waals surface area contributed by atoms with Crippen molar-refractivity contribution in [3.05, 3.63) is 29.8 Å². The van der Waals surface area contributed by atoms with Crippen LogP contribution in [0.4, 0.5) is 0 Å². The van der Waals surface area contributed by atoms with Gasteiger partial charge in [-0.1, -0.05) is 17.3 Å². The quantitative estimate of drug-likeness (QED) is 0.782. The van der Waals surface area contributed by atoms with Crippen LogP contribution in [0, 0.1) is 23.7 Å². The number of allylic oxidation sites excluding steroid dienone is 1.